The highest BCUT2D eigenvalue weighted by atomic mass is 17.2. The maximum absolute atomic E-state index is 12.2. The van der Waals surface area contributed by atoms with Crippen molar-refractivity contribution in [2.75, 3.05) is 19.9 Å². The molecular formula is C20H21NO7. The number of hydrogen-bond acceptors (Lipinski definition) is 8. The van der Waals surface area contributed by atoms with E-state index in [-0.39, 0.29) is 36.0 Å². The number of para-hydroxylation sites is 1. The van der Waals surface area contributed by atoms with Gasteiger partial charge in [0.1, 0.15) is 18.0 Å². The van der Waals surface area contributed by atoms with Crippen LogP contribution in [0.5, 0.6) is 5.75 Å². The van der Waals surface area contributed by atoms with Crippen LogP contribution in [-0.4, -0.2) is 37.8 Å². The van der Waals surface area contributed by atoms with Gasteiger partial charge >= 0.3 is 17.9 Å². The van der Waals surface area contributed by atoms with Crippen molar-refractivity contribution in [2.24, 2.45) is 0 Å². The van der Waals surface area contributed by atoms with Crippen molar-refractivity contribution in [3.63, 3.8) is 0 Å². The molecule has 148 valence electrons. The smallest absolute Gasteiger partial charge is 0.390 e. The third-order valence-electron chi connectivity index (χ3n) is 3.45. The van der Waals surface area contributed by atoms with Gasteiger partial charge in [-0.3, -0.25) is 10.1 Å². The van der Waals surface area contributed by atoms with E-state index < -0.39 is 11.9 Å². The predicted molar refractivity (Wildman–Crippen MR) is 98.5 cm³/mol. The van der Waals surface area contributed by atoms with E-state index in [0.29, 0.717) is 13.2 Å². The van der Waals surface area contributed by atoms with E-state index in [0.717, 1.165) is 0 Å². The number of carbonyl (C=O) groups is 3. The molecule has 0 unspecified atom stereocenters. The Balaban J connectivity index is 1.82. The average Bonchev–Trinajstić information content (AvgIpc) is 2.72. The fourth-order valence-electron chi connectivity index (χ4n) is 2.13. The van der Waals surface area contributed by atoms with E-state index >= 15 is 0 Å². The standard InChI is InChI=1S/C20H21NO7/c1-2-25-18(22)12-13-21-14-26-17-11-7-6-10-16(17)20(24)28-27-19(23)15-8-4-3-5-9-15/h3-11,21H,2,12-14H2,1H3. The number of esters is 1. The summed E-state index contributed by atoms with van der Waals surface area (Å²) in [5.74, 6) is -1.72. The Bertz CT molecular complexity index is 792. The molecule has 2 aromatic rings. The molecule has 28 heavy (non-hydrogen) atoms. The maximum atomic E-state index is 12.2. The second kappa shape index (κ2) is 11.3. The van der Waals surface area contributed by atoms with E-state index in [9.17, 15) is 14.4 Å². The summed E-state index contributed by atoms with van der Waals surface area (Å²) in [4.78, 5) is 44.5. The summed E-state index contributed by atoms with van der Waals surface area (Å²) in [5, 5.41) is 2.90. The zero-order valence-corrected chi connectivity index (χ0v) is 15.4. The van der Waals surface area contributed by atoms with Crippen LogP contribution < -0.4 is 10.1 Å². The largest absolute Gasteiger partial charge is 0.477 e. The monoisotopic (exact) mass is 387 g/mol. The highest BCUT2D eigenvalue weighted by Crippen LogP contribution is 2.19. The Morgan fingerprint density at radius 1 is 0.893 bits per heavy atom. The SMILES string of the molecule is CCOC(=O)CCNCOc1ccccc1C(=O)OOC(=O)c1ccccc1. The predicted octanol–water partition coefficient (Wildman–Crippen LogP) is 2.49. The van der Waals surface area contributed by atoms with Gasteiger partial charge in [-0.25, -0.2) is 19.4 Å². The van der Waals surface area contributed by atoms with Crippen LogP contribution in [0.3, 0.4) is 0 Å². The van der Waals surface area contributed by atoms with Gasteiger partial charge in [-0.2, -0.15) is 0 Å². The van der Waals surface area contributed by atoms with Gasteiger partial charge in [0.15, 0.2) is 0 Å². The summed E-state index contributed by atoms with van der Waals surface area (Å²) in [6.07, 6.45) is 0.205. The zero-order valence-electron chi connectivity index (χ0n) is 15.4. The van der Waals surface area contributed by atoms with E-state index in [2.05, 4.69) is 15.1 Å². The summed E-state index contributed by atoms with van der Waals surface area (Å²) in [5.41, 5.74) is 0.348. The lowest BCUT2D eigenvalue weighted by Gasteiger charge is -2.11. The normalized spacial score (nSPS) is 10.0. The zero-order chi connectivity index (χ0) is 20.2. The van der Waals surface area contributed by atoms with Crippen molar-refractivity contribution in [1.82, 2.24) is 5.32 Å². The molecular weight excluding hydrogens is 366 g/mol. The molecule has 0 heterocycles. The molecule has 8 heteroatoms. The third-order valence-corrected chi connectivity index (χ3v) is 3.45. The van der Waals surface area contributed by atoms with Crippen LogP contribution in [0.15, 0.2) is 54.6 Å². The molecule has 0 aliphatic rings. The fraction of sp³-hybridized carbons (Fsp3) is 0.250. The van der Waals surface area contributed by atoms with Crippen LogP contribution in [0.25, 0.3) is 0 Å². The van der Waals surface area contributed by atoms with Crippen LogP contribution >= 0.6 is 0 Å². The quantitative estimate of drug-likeness (QED) is 0.230. The minimum atomic E-state index is -0.869. The molecule has 1 N–H and O–H groups in total. The molecule has 2 aromatic carbocycles. The van der Waals surface area contributed by atoms with Crippen molar-refractivity contribution in [3.8, 4) is 5.75 Å². The number of rotatable bonds is 9. The van der Waals surface area contributed by atoms with Crippen molar-refractivity contribution in [1.29, 1.82) is 0 Å². The van der Waals surface area contributed by atoms with Crippen LogP contribution in [0, 0.1) is 0 Å². The van der Waals surface area contributed by atoms with Crippen LogP contribution in [0.4, 0.5) is 0 Å². The Morgan fingerprint density at radius 2 is 1.57 bits per heavy atom. The molecule has 0 saturated heterocycles. The molecule has 0 fully saturated rings. The molecule has 2 rings (SSSR count). The lowest BCUT2D eigenvalue weighted by atomic mass is 10.2. The minimum Gasteiger partial charge on any atom is -0.477 e. The number of carbonyl (C=O) groups excluding carboxylic acids is 3. The van der Waals surface area contributed by atoms with Gasteiger partial charge in [-0.15, -0.1) is 0 Å². The van der Waals surface area contributed by atoms with Crippen LogP contribution in [-0.2, 0) is 19.3 Å². The van der Waals surface area contributed by atoms with E-state index in [1.165, 1.54) is 18.2 Å². The number of ether oxygens (including phenoxy) is 2. The van der Waals surface area contributed by atoms with Gasteiger partial charge < -0.3 is 9.47 Å². The first-order valence-corrected chi connectivity index (χ1v) is 8.68. The second-order valence-electron chi connectivity index (χ2n) is 5.45. The highest BCUT2D eigenvalue weighted by molar-refractivity contribution is 5.94. The van der Waals surface area contributed by atoms with E-state index in [4.69, 9.17) is 9.47 Å². The Hall–Kier alpha value is -3.39. The number of benzene rings is 2. The van der Waals surface area contributed by atoms with E-state index in [1.54, 1.807) is 43.3 Å². The number of nitrogens with one attached hydrogen (secondary N) is 1. The summed E-state index contributed by atoms with van der Waals surface area (Å²) in [6, 6.07) is 14.5. The molecule has 0 aliphatic heterocycles. The Kier molecular flexibility index (Phi) is 8.48. The van der Waals surface area contributed by atoms with Gasteiger partial charge in [0, 0.05) is 6.54 Å². The summed E-state index contributed by atoms with van der Waals surface area (Å²) in [7, 11) is 0. The van der Waals surface area contributed by atoms with Gasteiger partial charge in [0.25, 0.3) is 0 Å². The lowest BCUT2D eigenvalue weighted by Crippen LogP contribution is -2.24. The third kappa shape index (κ3) is 6.73. The van der Waals surface area contributed by atoms with Crippen molar-refractivity contribution >= 4 is 17.9 Å². The van der Waals surface area contributed by atoms with Gasteiger partial charge in [0.05, 0.1) is 18.6 Å². The topological polar surface area (TPSA) is 100 Å². The fourth-order valence-corrected chi connectivity index (χ4v) is 2.13. The van der Waals surface area contributed by atoms with Crippen molar-refractivity contribution in [2.45, 2.75) is 13.3 Å². The Labute approximate surface area is 162 Å². The minimum absolute atomic E-state index is 0.0630. The lowest BCUT2D eigenvalue weighted by molar-refractivity contribution is -0.187. The molecule has 0 saturated carbocycles. The van der Waals surface area contributed by atoms with Crippen molar-refractivity contribution in [3.05, 3.63) is 65.7 Å². The molecule has 8 nitrogen and oxygen atoms in total. The second-order valence-corrected chi connectivity index (χ2v) is 5.45. The first kappa shape index (κ1) is 20.9. The summed E-state index contributed by atoms with van der Waals surface area (Å²) < 4.78 is 10.3. The van der Waals surface area contributed by atoms with Crippen molar-refractivity contribution < 1.29 is 33.6 Å². The molecule has 0 amide bonds. The first-order valence-electron chi connectivity index (χ1n) is 8.68. The molecule has 0 bridgehead atoms. The maximum Gasteiger partial charge on any atom is 0.390 e. The van der Waals surface area contributed by atoms with Crippen LogP contribution in [0.1, 0.15) is 34.1 Å². The molecule has 0 radical (unpaired) electrons. The first-order chi connectivity index (χ1) is 13.6. The number of hydrogen-bond donors (Lipinski definition) is 1. The molecule has 0 spiro atoms. The molecule has 0 aliphatic carbocycles. The van der Waals surface area contributed by atoms with Gasteiger partial charge in [0.2, 0.25) is 0 Å². The summed E-state index contributed by atoms with van der Waals surface area (Å²) >= 11 is 0. The average molecular weight is 387 g/mol. The van der Waals surface area contributed by atoms with Gasteiger partial charge in [-0.1, -0.05) is 30.3 Å². The van der Waals surface area contributed by atoms with E-state index in [1.807, 2.05) is 0 Å². The van der Waals surface area contributed by atoms with Crippen LogP contribution in [0.2, 0.25) is 0 Å². The summed E-state index contributed by atoms with van der Waals surface area (Å²) in [6.45, 7) is 2.49. The molecule has 0 atom stereocenters. The molecule has 0 aromatic heterocycles. The highest BCUT2D eigenvalue weighted by Gasteiger charge is 2.17. The van der Waals surface area contributed by atoms with Gasteiger partial charge in [-0.05, 0) is 31.2 Å². The Morgan fingerprint density at radius 3 is 2.32 bits per heavy atom.